The Hall–Kier alpha value is -2.47. The van der Waals surface area contributed by atoms with Gasteiger partial charge in [0.15, 0.2) is 11.9 Å². The highest BCUT2D eigenvalue weighted by atomic mass is 35.5. The standard InChI is InChI=1S/C17H16ClFN2O3/c1-10-15(8-9-16(23)24-12(3)11(2)22)17(18)21(20-10)14-6-4-13(19)5-7-14/h4-9,12H,1-3H3/b9-8+/t12-/m1/s1. The lowest BCUT2D eigenvalue weighted by Gasteiger charge is -2.06. The zero-order chi connectivity index (χ0) is 17.9. The van der Waals surface area contributed by atoms with Crippen LogP contribution in [0.1, 0.15) is 25.1 Å². The first-order chi connectivity index (χ1) is 11.3. The van der Waals surface area contributed by atoms with Gasteiger partial charge < -0.3 is 4.74 Å². The van der Waals surface area contributed by atoms with Crippen molar-refractivity contribution in [1.29, 1.82) is 0 Å². The van der Waals surface area contributed by atoms with Crippen molar-refractivity contribution >= 4 is 29.4 Å². The molecule has 0 aliphatic carbocycles. The average molecular weight is 351 g/mol. The number of ketones is 1. The van der Waals surface area contributed by atoms with E-state index in [2.05, 4.69) is 5.10 Å². The smallest absolute Gasteiger partial charge is 0.331 e. The predicted molar refractivity (Wildman–Crippen MR) is 88.5 cm³/mol. The Balaban J connectivity index is 2.23. The predicted octanol–water partition coefficient (Wildman–Crippen LogP) is 3.51. The van der Waals surface area contributed by atoms with E-state index in [0.717, 1.165) is 0 Å². The van der Waals surface area contributed by atoms with E-state index in [1.807, 2.05) is 0 Å². The highest BCUT2D eigenvalue weighted by molar-refractivity contribution is 6.31. The molecule has 126 valence electrons. The summed E-state index contributed by atoms with van der Waals surface area (Å²) in [5.41, 5.74) is 1.72. The minimum absolute atomic E-state index is 0.241. The number of esters is 1. The number of halogens is 2. The van der Waals surface area contributed by atoms with E-state index in [4.69, 9.17) is 16.3 Å². The van der Waals surface area contributed by atoms with Crippen LogP contribution in [0.25, 0.3) is 11.8 Å². The molecule has 0 amide bonds. The van der Waals surface area contributed by atoms with Crippen molar-refractivity contribution in [2.24, 2.45) is 0 Å². The molecule has 0 saturated carbocycles. The van der Waals surface area contributed by atoms with Crippen molar-refractivity contribution in [3.63, 3.8) is 0 Å². The minimum atomic E-state index is -0.805. The van der Waals surface area contributed by atoms with Crippen LogP contribution in [0.4, 0.5) is 4.39 Å². The van der Waals surface area contributed by atoms with Gasteiger partial charge in [-0.15, -0.1) is 0 Å². The molecule has 2 rings (SSSR count). The molecule has 1 aromatic carbocycles. The van der Waals surface area contributed by atoms with Gasteiger partial charge in [0.25, 0.3) is 0 Å². The Morgan fingerprint density at radius 3 is 2.54 bits per heavy atom. The summed E-state index contributed by atoms with van der Waals surface area (Å²) in [5, 5.41) is 4.56. The number of aromatic nitrogens is 2. The molecular weight excluding hydrogens is 335 g/mol. The number of rotatable bonds is 5. The summed E-state index contributed by atoms with van der Waals surface area (Å²) in [6.45, 7) is 4.57. The molecule has 0 fully saturated rings. The van der Waals surface area contributed by atoms with E-state index < -0.39 is 12.1 Å². The number of Topliss-reactive ketones (excluding diaryl/α,β-unsaturated/α-hetero) is 1. The first kappa shape index (κ1) is 17.9. The third-order valence-electron chi connectivity index (χ3n) is 3.37. The second-order valence-electron chi connectivity index (χ2n) is 5.20. The van der Waals surface area contributed by atoms with Crippen molar-refractivity contribution in [1.82, 2.24) is 9.78 Å². The lowest BCUT2D eigenvalue weighted by Crippen LogP contribution is -2.20. The van der Waals surface area contributed by atoms with Crippen LogP contribution < -0.4 is 0 Å². The fraction of sp³-hybridized carbons (Fsp3) is 0.235. The number of hydrogen-bond acceptors (Lipinski definition) is 4. The van der Waals surface area contributed by atoms with Crippen molar-refractivity contribution in [2.75, 3.05) is 0 Å². The van der Waals surface area contributed by atoms with Gasteiger partial charge >= 0.3 is 5.97 Å². The van der Waals surface area contributed by atoms with Crippen LogP contribution in [0.3, 0.4) is 0 Å². The largest absolute Gasteiger partial charge is 0.452 e. The number of nitrogens with zero attached hydrogens (tertiary/aromatic N) is 2. The molecule has 0 bridgehead atoms. The Labute approximate surface area is 143 Å². The first-order valence-electron chi connectivity index (χ1n) is 7.19. The SMILES string of the molecule is CC(=O)[C@@H](C)OC(=O)/C=C/c1c(C)nn(-c2ccc(F)cc2)c1Cl. The Morgan fingerprint density at radius 1 is 1.33 bits per heavy atom. The van der Waals surface area contributed by atoms with Crippen molar-refractivity contribution in [2.45, 2.75) is 26.9 Å². The molecular formula is C17H16ClFN2O3. The van der Waals surface area contributed by atoms with Gasteiger partial charge in [0.2, 0.25) is 0 Å². The molecule has 5 nitrogen and oxygen atoms in total. The zero-order valence-corrected chi connectivity index (χ0v) is 14.2. The van der Waals surface area contributed by atoms with E-state index >= 15 is 0 Å². The van der Waals surface area contributed by atoms with Gasteiger partial charge in [0.1, 0.15) is 11.0 Å². The third-order valence-corrected chi connectivity index (χ3v) is 3.73. The summed E-state index contributed by atoms with van der Waals surface area (Å²) in [5.74, 6) is -1.25. The fourth-order valence-electron chi connectivity index (χ4n) is 1.90. The second kappa shape index (κ2) is 7.40. The van der Waals surface area contributed by atoms with E-state index in [1.54, 1.807) is 19.1 Å². The molecule has 7 heteroatoms. The second-order valence-corrected chi connectivity index (χ2v) is 5.56. The number of benzene rings is 1. The van der Waals surface area contributed by atoms with Crippen LogP contribution in [0.15, 0.2) is 30.3 Å². The van der Waals surface area contributed by atoms with Gasteiger partial charge in [-0.2, -0.15) is 5.10 Å². The van der Waals surface area contributed by atoms with Gasteiger partial charge in [-0.05, 0) is 51.1 Å². The van der Waals surface area contributed by atoms with Crippen molar-refractivity contribution in [3.8, 4) is 5.69 Å². The van der Waals surface area contributed by atoms with Crippen LogP contribution in [-0.2, 0) is 14.3 Å². The Kier molecular flexibility index (Phi) is 5.51. The normalized spacial score (nSPS) is 12.4. The number of ether oxygens (including phenoxy) is 1. The molecule has 0 aliphatic rings. The average Bonchev–Trinajstić information content (AvgIpc) is 2.80. The molecule has 0 unspecified atom stereocenters. The van der Waals surface area contributed by atoms with E-state index in [9.17, 15) is 14.0 Å². The molecule has 1 heterocycles. The summed E-state index contributed by atoms with van der Waals surface area (Å²) < 4.78 is 19.4. The Bertz CT molecular complexity index is 797. The van der Waals surface area contributed by atoms with Crippen LogP contribution in [0, 0.1) is 12.7 Å². The molecule has 0 radical (unpaired) electrons. The Morgan fingerprint density at radius 2 is 1.96 bits per heavy atom. The van der Waals surface area contributed by atoms with Crippen LogP contribution in [0.2, 0.25) is 5.15 Å². The maximum Gasteiger partial charge on any atom is 0.331 e. The number of carbonyl (C=O) groups excluding carboxylic acids is 2. The first-order valence-corrected chi connectivity index (χ1v) is 7.57. The number of carbonyl (C=O) groups is 2. The molecule has 0 spiro atoms. The molecule has 24 heavy (non-hydrogen) atoms. The maximum absolute atomic E-state index is 13.0. The number of aryl methyl sites for hydroxylation is 1. The van der Waals surface area contributed by atoms with Crippen LogP contribution in [-0.4, -0.2) is 27.6 Å². The highest BCUT2D eigenvalue weighted by Crippen LogP contribution is 2.24. The lowest BCUT2D eigenvalue weighted by molar-refractivity contribution is -0.148. The van der Waals surface area contributed by atoms with Gasteiger partial charge in [-0.3, -0.25) is 4.79 Å². The maximum atomic E-state index is 13.0. The molecule has 0 N–H and O–H groups in total. The summed E-state index contributed by atoms with van der Waals surface area (Å²) >= 11 is 6.29. The van der Waals surface area contributed by atoms with Crippen LogP contribution >= 0.6 is 11.6 Å². The third kappa shape index (κ3) is 4.08. The summed E-state index contributed by atoms with van der Waals surface area (Å²) in [6.07, 6.45) is 1.85. The quantitative estimate of drug-likeness (QED) is 0.611. The fourth-order valence-corrected chi connectivity index (χ4v) is 2.24. The summed E-state index contributed by atoms with van der Waals surface area (Å²) in [4.78, 5) is 22.8. The topological polar surface area (TPSA) is 61.2 Å². The summed E-state index contributed by atoms with van der Waals surface area (Å²) in [6, 6.07) is 5.70. The van der Waals surface area contributed by atoms with Gasteiger partial charge in [-0.25, -0.2) is 13.9 Å². The van der Waals surface area contributed by atoms with Gasteiger partial charge in [0, 0.05) is 11.6 Å². The minimum Gasteiger partial charge on any atom is -0.452 e. The molecule has 0 saturated heterocycles. The van der Waals surface area contributed by atoms with E-state index in [0.29, 0.717) is 16.9 Å². The monoisotopic (exact) mass is 350 g/mol. The molecule has 0 aliphatic heterocycles. The lowest BCUT2D eigenvalue weighted by atomic mass is 10.2. The van der Waals surface area contributed by atoms with E-state index in [-0.39, 0.29) is 16.8 Å². The van der Waals surface area contributed by atoms with Crippen molar-refractivity contribution < 1.29 is 18.7 Å². The molecule has 1 atom stereocenters. The van der Waals surface area contributed by atoms with Gasteiger partial charge in [0.05, 0.1) is 11.4 Å². The highest BCUT2D eigenvalue weighted by Gasteiger charge is 2.14. The molecule has 2 aromatic rings. The van der Waals surface area contributed by atoms with Crippen LogP contribution in [0.5, 0.6) is 0 Å². The zero-order valence-electron chi connectivity index (χ0n) is 13.4. The van der Waals surface area contributed by atoms with Gasteiger partial charge in [-0.1, -0.05) is 11.6 Å². The summed E-state index contributed by atoms with van der Waals surface area (Å²) in [7, 11) is 0. The van der Waals surface area contributed by atoms with E-state index in [1.165, 1.54) is 42.8 Å². The number of hydrogen-bond donors (Lipinski definition) is 0. The van der Waals surface area contributed by atoms with Crippen molar-refractivity contribution in [3.05, 3.63) is 52.6 Å². The molecule has 1 aromatic heterocycles.